The van der Waals surface area contributed by atoms with Gasteiger partial charge in [0.1, 0.15) is 9.68 Å². The maximum absolute atomic E-state index is 10.1. The molecule has 0 aliphatic rings. The molecule has 1 rings (SSSR count). The molecule has 0 aliphatic heterocycles. The molecule has 4 heteroatoms. The monoisotopic (exact) mass is 218 g/mol. The van der Waals surface area contributed by atoms with Crippen LogP contribution in [0, 0.1) is 0 Å². The van der Waals surface area contributed by atoms with Gasteiger partial charge in [-0.05, 0) is 44.3 Å². The minimum Gasteiger partial charge on any atom is -0.331 e. The summed E-state index contributed by atoms with van der Waals surface area (Å²) in [4.78, 5) is 13.7. The molecule has 0 N–H and O–H groups in total. The average molecular weight is 218 g/mol. The second kappa shape index (κ2) is 6.30. The number of aryl methyl sites for hydroxylation is 1. The highest BCUT2D eigenvalue weighted by molar-refractivity contribution is 6.31. The Morgan fingerprint density at radius 3 is 2.93 bits per heavy atom. The number of isocyanates is 1. The summed E-state index contributed by atoms with van der Waals surface area (Å²) in [5.41, 5.74) is 1.91. The number of carbonyl (C=O) groups excluding carboxylic acids is 1. The highest BCUT2D eigenvalue weighted by Gasteiger charge is 1.97. The lowest BCUT2D eigenvalue weighted by Crippen LogP contribution is -2.17. The van der Waals surface area contributed by atoms with Crippen molar-refractivity contribution in [2.24, 2.45) is 4.99 Å². The predicted molar refractivity (Wildman–Crippen MR) is 62.2 cm³/mol. The fourth-order valence-corrected chi connectivity index (χ4v) is 2.11. The second-order valence-electron chi connectivity index (χ2n) is 3.43. The zero-order valence-corrected chi connectivity index (χ0v) is 10.0. The van der Waals surface area contributed by atoms with Crippen molar-refractivity contribution in [2.45, 2.75) is 12.5 Å². The Morgan fingerprint density at radius 1 is 1.47 bits per heavy atom. The van der Waals surface area contributed by atoms with Crippen LogP contribution in [0.3, 0.4) is 0 Å². The maximum Gasteiger partial charge on any atom is 0.240 e. The second-order valence-corrected chi connectivity index (χ2v) is 5.14. The van der Waals surface area contributed by atoms with E-state index in [4.69, 9.17) is 0 Å². The third-order valence-corrected chi connectivity index (χ3v) is 3.03. The first-order valence-corrected chi connectivity index (χ1v) is 5.95. The molecule has 0 unspecified atom stereocenters. The molecule has 3 nitrogen and oxygen atoms in total. The van der Waals surface area contributed by atoms with Crippen molar-refractivity contribution in [1.29, 1.82) is 0 Å². The van der Waals surface area contributed by atoms with Gasteiger partial charge in [0.05, 0.1) is 5.69 Å². The molecular formula is C11H14N2OSi. The topological polar surface area (TPSA) is 32.7 Å². The molecule has 2 radical (unpaired) electrons. The van der Waals surface area contributed by atoms with Gasteiger partial charge in [-0.25, -0.2) is 4.79 Å². The Kier molecular flexibility index (Phi) is 4.97. The van der Waals surface area contributed by atoms with Crippen LogP contribution in [-0.4, -0.2) is 34.4 Å². The molecule has 0 aromatic heterocycles. The van der Waals surface area contributed by atoms with Gasteiger partial charge in [0.25, 0.3) is 0 Å². The number of hydrogen-bond donors (Lipinski definition) is 0. The predicted octanol–water partition coefficient (Wildman–Crippen LogP) is 1.80. The van der Waals surface area contributed by atoms with Crippen molar-refractivity contribution in [1.82, 2.24) is 4.57 Å². The number of hydrogen-bond acceptors (Lipinski definition) is 3. The molecule has 0 saturated heterocycles. The largest absolute Gasteiger partial charge is 0.331 e. The highest BCUT2D eigenvalue weighted by atomic mass is 28.2. The van der Waals surface area contributed by atoms with Crippen LogP contribution in [-0.2, 0) is 11.2 Å². The number of rotatable bonds is 5. The average Bonchev–Trinajstić information content (AvgIpc) is 2.18. The molecule has 15 heavy (non-hydrogen) atoms. The summed E-state index contributed by atoms with van der Waals surface area (Å²) in [5.74, 6) is 0. The van der Waals surface area contributed by atoms with Gasteiger partial charge in [-0.15, -0.1) is 0 Å². The van der Waals surface area contributed by atoms with Crippen LogP contribution in [0.25, 0.3) is 0 Å². The van der Waals surface area contributed by atoms with Gasteiger partial charge in [-0.1, -0.05) is 12.1 Å². The van der Waals surface area contributed by atoms with Crippen LogP contribution in [0.5, 0.6) is 0 Å². The lowest BCUT2D eigenvalue weighted by Gasteiger charge is -2.07. The lowest BCUT2D eigenvalue weighted by molar-refractivity contribution is 0.565. The summed E-state index contributed by atoms with van der Waals surface area (Å²) in [6.07, 6.45) is 2.58. The van der Waals surface area contributed by atoms with Gasteiger partial charge >= 0.3 is 0 Å². The van der Waals surface area contributed by atoms with Crippen molar-refractivity contribution >= 4 is 21.4 Å². The zero-order chi connectivity index (χ0) is 11.1. The molecule has 1 aromatic carbocycles. The molecule has 0 amide bonds. The quantitative estimate of drug-likeness (QED) is 0.429. The van der Waals surface area contributed by atoms with E-state index in [0.29, 0.717) is 5.69 Å². The molecule has 0 aliphatic carbocycles. The number of benzene rings is 1. The summed E-state index contributed by atoms with van der Waals surface area (Å²) in [6.45, 7) is 0. The molecule has 0 atom stereocenters. The van der Waals surface area contributed by atoms with E-state index in [1.165, 1.54) is 5.56 Å². The van der Waals surface area contributed by atoms with Crippen LogP contribution >= 0.6 is 0 Å². The van der Waals surface area contributed by atoms with Gasteiger partial charge in [-0.3, -0.25) is 0 Å². The molecule has 0 saturated carbocycles. The van der Waals surface area contributed by atoms with Crippen molar-refractivity contribution in [3.63, 3.8) is 0 Å². The van der Waals surface area contributed by atoms with E-state index in [2.05, 4.69) is 29.7 Å². The van der Waals surface area contributed by atoms with Crippen LogP contribution in [0.1, 0.15) is 5.56 Å². The zero-order valence-electron chi connectivity index (χ0n) is 9.03. The van der Waals surface area contributed by atoms with Crippen LogP contribution in [0.2, 0.25) is 6.04 Å². The Bertz CT molecular complexity index is 359. The Balaban J connectivity index is 2.54. The Labute approximate surface area is 92.7 Å². The smallest absolute Gasteiger partial charge is 0.240 e. The third kappa shape index (κ3) is 4.70. The Morgan fingerprint density at radius 2 is 2.27 bits per heavy atom. The van der Waals surface area contributed by atoms with E-state index in [1.54, 1.807) is 6.08 Å². The van der Waals surface area contributed by atoms with Crippen molar-refractivity contribution in [2.75, 3.05) is 14.1 Å². The molecule has 0 fully saturated rings. The van der Waals surface area contributed by atoms with Crippen molar-refractivity contribution < 1.29 is 4.79 Å². The van der Waals surface area contributed by atoms with Gasteiger partial charge < -0.3 is 4.57 Å². The maximum atomic E-state index is 10.1. The first-order valence-electron chi connectivity index (χ1n) is 4.80. The lowest BCUT2D eigenvalue weighted by atomic mass is 10.1. The van der Waals surface area contributed by atoms with Gasteiger partial charge in [0.15, 0.2) is 0 Å². The van der Waals surface area contributed by atoms with Gasteiger partial charge in [0, 0.05) is 0 Å². The van der Waals surface area contributed by atoms with Crippen LogP contribution in [0.4, 0.5) is 5.69 Å². The highest BCUT2D eigenvalue weighted by Crippen LogP contribution is 2.14. The van der Waals surface area contributed by atoms with Crippen molar-refractivity contribution in [3.05, 3.63) is 29.8 Å². The van der Waals surface area contributed by atoms with E-state index < -0.39 is 0 Å². The summed E-state index contributed by atoms with van der Waals surface area (Å²) in [6, 6.07) is 8.86. The van der Waals surface area contributed by atoms with E-state index in [9.17, 15) is 4.79 Å². The number of nitrogens with zero attached hydrogens (tertiary/aromatic N) is 2. The van der Waals surface area contributed by atoms with Crippen molar-refractivity contribution in [3.8, 4) is 0 Å². The van der Waals surface area contributed by atoms with E-state index >= 15 is 0 Å². The fraction of sp³-hybridized carbons (Fsp3) is 0.364. The molecular weight excluding hydrogens is 204 g/mol. The van der Waals surface area contributed by atoms with Crippen LogP contribution in [0.15, 0.2) is 29.3 Å². The molecule has 78 valence electrons. The van der Waals surface area contributed by atoms with Crippen LogP contribution < -0.4 is 0 Å². The fourth-order valence-electron chi connectivity index (χ4n) is 1.26. The normalized spacial score (nSPS) is 10.1. The number of aliphatic imine (C=N–C) groups is 1. The van der Waals surface area contributed by atoms with E-state index in [0.717, 1.165) is 22.1 Å². The summed E-state index contributed by atoms with van der Waals surface area (Å²) in [5, 5.41) is 0. The van der Waals surface area contributed by atoms with E-state index in [1.807, 2.05) is 18.2 Å². The minimum atomic E-state index is 0.690. The van der Waals surface area contributed by atoms with Gasteiger partial charge in [0.2, 0.25) is 6.08 Å². The molecule has 0 heterocycles. The summed E-state index contributed by atoms with van der Waals surface area (Å²) in [7, 11) is 4.99. The van der Waals surface area contributed by atoms with Gasteiger partial charge in [-0.2, -0.15) is 4.99 Å². The standard InChI is InChI=1S/C11H14N2OSi/c1-13(2)15-7-6-10-4-3-5-11(8-10)12-9-14/h3-5,8H,6-7H2,1-2H3. The molecule has 1 aromatic rings. The molecule has 0 bridgehead atoms. The van der Waals surface area contributed by atoms with E-state index in [-0.39, 0.29) is 0 Å². The molecule has 0 spiro atoms. The Hall–Kier alpha value is -1.22. The summed E-state index contributed by atoms with van der Waals surface area (Å²) < 4.78 is 2.19. The third-order valence-electron chi connectivity index (χ3n) is 1.93. The first-order chi connectivity index (χ1) is 7.22. The SMILES string of the molecule is CN(C)[Si]CCc1cccc(N=C=O)c1. The minimum absolute atomic E-state index is 0.690. The first kappa shape index (κ1) is 11.8. The summed E-state index contributed by atoms with van der Waals surface area (Å²) >= 11 is 0.